The van der Waals surface area contributed by atoms with Gasteiger partial charge in [-0.05, 0) is 19.1 Å². The first kappa shape index (κ1) is 12.6. The van der Waals surface area contributed by atoms with E-state index in [-0.39, 0.29) is 5.02 Å². The van der Waals surface area contributed by atoms with Crippen LogP contribution in [0.2, 0.25) is 5.02 Å². The molecule has 2 rings (SSSR count). The zero-order chi connectivity index (χ0) is 13.0. The van der Waals surface area contributed by atoms with E-state index < -0.39 is 5.82 Å². The molecule has 4 nitrogen and oxygen atoms in total. The van der Waals surface area contributed by atoms with Crippen LogP contribution in [0.3, 0.4) is 0 Å². The Labute approximate surface area is 109 Å². The molecule has 1 heterocycles. The quantitative estimate of drug-likeness (QED) is 0.921. The molecule has 0 saturated carbocycles. The highest BCUT2D eigenvalue weighted by Gasteiger charge is 2.04. The molecule has 6 heteroatoms. The highest BCUT2D eigenvalue weighted by Crippen LogP contribution is 2.24. The van der Waals surface area contributed by atoms with Crippen molar-refractivity contribution in [3.8, 4) is 11.6 Å². The Morgan fingerprint density at radius 3 is 2.89 bits per heavy atom. The second kappa shape index (κ2) is 5.64. The second-order valence-electron chi connectivity index (χ2n) is 3.45. The molecule has 0 spiro atoms. The fourth-order valence-electron chi connectivity index (χ4n) is 1.33. The maximum absolute atomic E-state index is 13.2. The van der Waals surface area contributed by atoms with E-state index in [4.69, 9.17) is 16.3 Å². The van der Waals surface area contributed by atoms with Crippen molar-refractivity contribution < 1.29 is 9.13 Å². The van der Waals surface area contributed by atoms with Crippen LogP contribution in [-0.4, -0.2) is 16.5 Å². The number of ether oxygens (including phenoxy) is 1. The van der Waals surface area contributed by atoms with Gasteiger partial charge in [-0.25, -0.2) is 14.4 Å². The number of hydrogen-bond donors (Lipinski definition) is 1. The molecule has 0 radical (unpaired) electrons. The molecule has 0 aliphatic carbocycles. The van der Waals surface area contributed by atoms with Gasteiger partial charge in [0.1, 0.15) is 23.7 Å². The normalized spacial score (nSPS) is 10.2. The van der Waals surface area contributed by atoms with Crippen LogP contribution in [-0.2, 0) is 0 Å². The highest BCUT2D eigenvalue weighted by atomic mass is 35.5. The van der Waals surface area contributed by atoms with Gasteiger partial charge in [0, 0.05) is 18.7 Å². The van der Waals surface area contributed by atoms with Crippen LogP contribution in [0.25, 0.3) is 0 Å². The van der Waals surface area contributed by atoms with E-state index in [9.17, 15) is 4.39 Å². The van der Waals surface area contributed by atoms with Gasteiger partial charge in [-0.15, -0.1) is 0 Å². The van der Waals surface area contributed by atoms with Gasteiger partial charge in [0.15, 0.2) is 0 Å². The molecule has 2 aromatic rings. The summed E-state index contributed by atoms with van der Waals surface area (Å²) in [6.07, 6.45) is 1.37. The van der Waals surface area contributed by atoms with Crippen molar-refractivity contribution in [2.75, 3.05) is 11.9 Å². The first-order valence-corrected chi connectivity index (χ1v) is 5.75. The topological polar surface area (TPSA) is 47.0 Å². The molecule has 18 heavy (non-hydrogen) atoms. The van der Waals surface area contributed by atoms with E-state index in [1.165, 1.54) is 18.5 Å². The third kappa shape index (κ3) is 3.07. The van der Waals surface area contributed by atoms with E-state index in [1.54, 1.807) is 12.1 Å². The highest BCUT2D eigenvalue weighted by molar-refractivity contribution is 6.30. The zero-order valence-corrected chi connectivity index (χ0v) is 10.4. The van der Waals surface area contributed by atoms with Crippen LogP contribution in [0, 0.1) is 5.82 Å². The minimum absolute atomic E-state index is 0.0541. The monoisotopic (exact) mass is 267 g/mol. The third-order valence-corrected chi connectivity index (χ3v) is 2.42. The van der Waals surface area contributed by atoms with Gasteiger partial charge in [-0.3, -0.25) is 0 Å². The molecule has 94 valence electrons. The minimum atomic E-state index is -0.532. The molecule has 0 fully saturated rings. The molecule has 0 aliphatic heterocycles. The lowest BCUT2D eigenvalue weighted by Crippen LogP contribution is -2.00. The summed E-state index contributed by atoms with van der Waals surface area (Å²) >= 11 is 5.58. The van der Waals surface area contributed by atoms with Crippen molar-refractivity contribution in [2.24, 2.45) is 0 Å². The number of benzene rings is 1. The zero-order valence-electron chi connectivity index (χ0n) is 9.65. The number of hydrogen-bond acceptors (Lipinski definition) is 4. The summed E-state index contributed by atoms with van der Waals surface area (Å²) < 4.78 is 18.6. The predicted molar refractivity (Wildman–Crippen MR) is 67.7 cm³/mol. The van der Waals surface area contributed by atoms with Gasteiger partial charge in [0.05, 0.1) is 5.02 Å². The second-order valence-corrected chi connectivity index (χ2v) is 3.86. The van der Waals surface area contributed by atoms with E-state index >= 15 is 0 Å². The van der Waals surface area contributed by atoms with Gasteiger partial charge in [-0.1, -0.05) is 11.6 Å². The summed E-state index contributed by atoms with van der Waals surface area (Å²) in [5.74, 6) is 0.785. The summed E-state index contributed by atoms with van der Waals surface area (Å²) in [6, 6.07) is 5.84. The molecule has 0 aliphatic rings. The van der Waals surface area contributed by atoms with E-state index in [1.807, 2.05) is 6.92 Å². The number of rotatable bonds is 4. The Balaban J connectivity index is 2.17. The fourth-order valence-corrected chi connectivity index (χ4v) is 1.45. The van der Waals surface area contributed by atoms with Crippen molar-refractivity contribution in [3.63, 3.8) is 0 Å². The van der Waals surface area contributed by atoms with Crippen LogP contribution in [0.1, 0.15) is 6.92 Å². The lowest BCUT2D eigenvalue weighted by atomic mass is 10.3. The largest absolute Gasteiger partial charge is 0.439 e. The van der Waals surface area contributed by atoms with Crippen LogP contribution in [0.15, 0.2) is 30.6 Å². The third-order valence-electron chi connectivity index (χ3n) is 2.11. The maximum Gasteiger partial charge on any atom is 0.224 e. The average molecular weight is 268 g/mol. The molecule has 0 unspecified atom stereocenters. The standard InChI is InChI=1S/C12H11ClFN3O/c1-2-15-11-6-12(17-7-16-11)18-8-3-4-9(13)10(14)5-8/h3-7H,2H2,1H3,(H,15,16,17). The lowest BCUT2D eigenvalue weighted by molar-refractivity contribution is 0.457. The number of nitrogens with one attached hydrogen (secondary N) is 1. The van der Waals surface area contributed by atoms with Gasteiger partial charge >= 0.3 is 0 Å². The van der Waals surface area contributed by atoms with Crippen molar-refractivity contribution in [3.05, 3.63) is 41.4 Å². The molecule has 1 aromatic carbocycles. The Kier molecular flexibility index (Phi) is 3.94. The van der Waals surface area contributed by atoms with Crippen LogP contribution < -0.4 is 10.1 Å². The Morgan fingerprint density at radius 1 is 1.33 bits per heavy atom. The van der Waals surface area contributed by atoms with Gasteiger partial charge in [0.25, 0.3) is 0 Å². The Bertz CT molecular complexity index is 551. The summed E-state index contributed by atoms with van der Waals surface area (Å²) in [7, 11) is 0. The number of nitrogens with zero attached hydrogens (tertiary/aromatic N) is 2. The minimum Gasteiger partial charge on any atom is -0.439 e. The molecule has 0 bridgehead atoms. The molecule has 0 amide bonds. The summed E-state index contributed by atoms with van der Waals surface area (Å²) in [4.78, 5) is 7.95. The van der Waals surface area contributed by atoms with Crippen LogP contribution >= 0.6 is 11.6 Å². The van der Waals surface area contributed by atoms with Crippen molar-refractivity contribution >= 4 is 17.4 Å². The van der Waals surface area contributed by atoms with Gasteiger partial charge in [-0.2, -0.15) is 0 Å². The predicted octanol–water partition coefficient (Wildman–Crippen LogP) is 3.49. The molecular weight excluding hydrogens is 257 g/mol. The first-order chi connectivity index (χ1) is 8.69. The molecule has 0 saturated heterocycles. The first-order valence-electron chi connectivity index (χ1n) is 5.38. The van der Waals surface area contributed by atoms with E-state index in [0.29, 0.717) is 17.4 Å². The summed E-state index contributed by atoms with van der Waals surface area (Å²) in [6.45, 7) is 2.70. The maximum atomic E-state index is 13.2. The van der Waals surface area contributed by atoms with Gasteiger partial charge in [0.2, 0.25) is 5.88 Å². The Hall–Kier alpha value is -1.88. The molecule has 1 N–H and O–H groups in total. The molecular formula is C12H11ClFN3O. The van der Waals surface area contributed by atoms with Crippen molar-refractivity contribution in [1.29, 1.82) is 0 Å². The summed E-state index contributed by atoms with van der Waals surface area (Å²) in [5.41, 5.74) is 0. The lowest BCUT2D eigenvalue weighted by Gasteiger charge is -2.07. The summed E-state index contributed by atoms with van der Waals surface area (Å²) in [5, 5.41) is 3.08. The van der Waals surface area contributed by atoms with E-state index in [0.717, 1.165) is 6.54 Å². The average Bonchev–Trinajstić information content (AvgIpc) is 2.35. The number of aromatic nitrogens is 2. The van der Waals surface area contributed by atoms with Crippen molar-refractivity contribution in [1.82, 2.24) is 9.97 Å². The smallest absolute Gasteiger partial charge is 0.224 e. The fraction of sp³-hybridized carbons (Fsp3) is 0.167. The molecule has 1 aromatic heterocycles. The van der Waals surface area contributed by atoms with Crippen LogP contribution in [0.4, 0.5) is 10.2 Å². The molecule has 0 atom stereocenters. The van der Waals surface area contributed by atoms with Crippen molar-refractivity contribution in [2.45, 2.75) is 6.92 Å². The van der Waals surface area contributed by atoms with Crippen LogP contribution in [0.5, 0.6) is 11.6 Å². The van der Waals surface area contributed by atoms with E-state index in [2.05, 4.69) is 15.3 Å². The SMILES string of the molecule is CCNc1cc(Oc2ccc(Cl)c(F)c2)ncn1. The van der Waals surface area contributed by atoms with Gasteiger partial charge < -0.3 is 10.1 Å². The Morgan fingerprint density at radius 2 is 2.17 bits per heavy atom. The number of anilines is 1. The number of halogens is 2.